The van der Waals surface area contributed by atoms with Crippen LogP contribution in [0.5, 0.6) is 0 Å². The van der Waals surface area contributed by atoms with Crippen LogP contribution in [0.2, 0.25) is 0 Å². The third-order valence-corrected chi connectivity index (χ3v) is 5.48. The standard InChI is InChI=1S/C15H20F3N5O3S/c1-4-5-21-7-10(2)12(20-27(24,25)15(16,17)18)13-14(21)23-9-22(26-3)8-11(23)6-19-13/h6-8,12,20H,4-5,9H2,1-3H3. The van der Waals surface area contributed by atoms with Crippen LogP contribution in [0.15, 0.2) is 40.2 Å². The smallest absolute Gasteiger partial charge is 0.333 e. The Bertz CT molecular complexity index is 847. The molecule has 0 aliphatic carbocycles. The van der Waals surface area contributed by atoms with Crippen LogP contribution in [0.25, 0.3) is 0 Å². The lowest BCUT2D eigenvalue weighted by Gasteiger charge is -2.40. The van der Waals surface area contributed by atoms with Gasteiger partial charge in [0.2, 0.25) is 0 Å². The summed E-state index contributed by atoms with van der Waals surface area (Å²) in [4.78, 5) is 13.2. The van der Waals surface area contributed by atoms with Crippen molar-refractivity contribution in [1.82, 2.24) is 19.6 Å². The van der Waals surface area contributed by atoms with Gasteiger partial charge in [0.1, 0.15) is 18.2 Å². The number of halogens is 3. The van der Waals surface area contributed by atoms with Crippen molar-refractivity contribution in [2.45, 2.75) is 31.8 Å². The van der Waals surface area contributed by atoms with Crippen LogP contribution in [0, 0.1) is 0 Å². The zero-order valence-corrected chi connectivity index (χ0v) is 15.8. The van der Waals surface area contributed by atoms with Crippen LogP contribution in [-0.2, 0) is 14.9 Å². The van der Waals surface area contributed by atoms with Gasteiger partial charge in [0.15, 0.2) is 0 Å². The molecule has 1 N–H and O–H groups in total. The molecule has 0 amide bonds. The van der Waals surface area contributed by atoms with Crippen molar-refractivity contribution in [2.75, 3.05) is 20.3 Å². The second-order valence-electron chi connectivity index (χ2n) is 6.26. The van der Waals surface area contributed by atoms with E-state index in [4.69, 9.17) is 4.84 Å². The maximum absolute atomic E-state index is 12.9. The molecule has 12 heteroatoms. The highest BCUT2D eigenvalue weighted by Crippen LogP contribution is 2.36. The third kappa shape index (κ3) is 3.44. The molecule has 0 aromatic heterocycles. The molecule has 0 spiro atoms. The molecule has 0 saturated carbocycles. The maximum Gasteiger partial charge on any atom is 0.511 e. The topological polar surface area (TPSA) is 77.5 Å². The first kappa shape index (κ1) is 19.7. The normalized spacial score (nSPS) is 22.7. The number of alkyl halides is 3. The van der Waals surface area contributed by atoms with E-state index >= 15 is 0 Å². The first-order valence-electron chi connectivity index (χ1n) is 8.21. The first-order valence-corrected chi connectivity index (χ1v) is 9.69. The Kier molecular flexibility index (Phi) is 4.99. The molecule has 0 radical (unpaired) electrons. The third-order valence-electron chi connectivity index (χ3n) is 4.33. The van der Waals surface area contributed by atoms with E-state index in [1.807, 2.05) is 16.7 Å². The zero-order chi connectivity index (χ0) is 20.0. The summed E-state index contributed by atoms with van der Waals surface area (Å²) in [5, 5.41) is 1.54. The Labute approximate surface area is 155 Å². The van der Waals surface area contributed by atoms with Crippen molar-refractivity contribution in [3.05, 3.63) is 35.2 Å². The predicted molar refractivity (Wildman–Crippen MR) is 91.8 cm³/mol. The molecule has 3 rings (SSSR count). The van der Waals surface area contributed by atoms with Crippen LogP contribution in [0.4, 0.5) is 13.2 Å². The van der Waals surface area contributed by atoms with Gasteiger partial charge in [0, 0.05) is 12.7 Å². The van der Waals surface area contributed by atoms with Gasteiger partial charge in [-0.05, 0) is 18.9 Å². The molecule has 0 aromatic rings. The van der Waals surface area contributed by atoms with Gasteiger partial charge < -0.3 is 9.80 Å². The van der Waals surface area contributed by atoms with E-state index in [1.165, 1.54) is 13.3 Å². The summed E-state index contributed by atoms with van der Waals surface area (Å²) in [6.45, 7) is 4.45. The summed E-state index contributed by atoms with van der Waals surface area (Å²) in [7, 11) is -4.04. The van der Waals surface area contributed by atoms with Crippen molar-refractivity contribution in [3.63, 3.8) is 0 Å². The molecule has 1 atom stereocenters. The molecule has 8 nitrogen and oxygen atoms in total. The molecular formula is C15H20F3N5O3S. The Balaban J connectivity index is 2.03. The van der Waals surface area contributed by atoms with Crippen molar-refractivity contribution in [3.8, 4) is 0 Å². The van der Waals surface area contributed by atoms with Crippen LogP contribution >= 0.6 is 0 Å². The number of hydroxylamine groups is 2. The van der Waals surface area contributed by atoms with Crippen LogP contribution in [-0.4, -0.2) is 61.4 Å². The molecule has 3 aliphatic rings. The van der Waals surface area contributed by atoms with E-state index in [-0.39, 0.29) is 5.70 Å². The van der Waals surface area contributed by atoms with Crippen molar-refractivity contribution in [2.24, 2.45) is 4.99 Å². The number of fused-ring (bicyclic) bond motifs is 2. The lowest BCUT2D eigenvalue weighted by Crippen LogP contribution is -2.49. The van der Waals surface area contributed by atoms with Crippen molar-refractivity contribution in [1.29, 1.82) is 0 Å². The number of aliphatic imine (C=N–C) groups is 1. The fourth-order valence-corrected chi connectivity index (χ4v) is 3.84. The van der Waals surface area contributed by atoms with Gasteiger partial charge in [-0.1, -0.05) is 6.92 Å². The largest absolute Gasteiger partial charge is 0.511 e. The number of nitrogens with zero attached hydrogens (tertiary/aromatic N) is 4. The van der Waals surface area contributed by atoms with Crippen LogP contribution in [0.1, 0.15) is 20.3 Å². The summed E-state index contributed by atoms with van der Waals surface area (Å²) < 4.78 is 63.7. The molecule has 150 valence electrons. The van der Waals surface area contributed by atoms with Gasteiger partial charge >= 0.3 is 15.5 Å². The minimum atomic E-state index is -5.53. The summed E-state index contributed by atoms with van der Waals surface area (Å²) >= 11 is 0. The summed E-state index contributed by atoms with van der Waals surface area (Å²) in [5.74, 6) is 0.533. The highest BCUT2D eigenvalue weighted by Gasteiger charge is 2.49. The number of hydrogen-bond acceptors (Lipinski definition) is 7. The molecule has 0 saturated heterocycles. The average molecular weight is 407 g/mol. The van der Waals surface area contributed by atoms with Gasteiger partial charge in [-0.3, -0.25) is 9.83 Å². The minimum Gasteiger partial charge on any atom is -0.333 e. The van der Waals surface area contributed by atoms with E-state index in [0.717, 1.165) is 6.42 Å². The monoisotopic (exact) mass is 407 g/mol. The molecule has 0 fully saturated rings. The van der Waals surface area contributed by atoms with Gasteiger partial charge in [0.25, 0.3) is 0 Å². The van der Waals surface area contributed by atoms with E-state index in [9.17, 15) is 21.6 Å². The predicted octanol–water partition coefficient (Wildman–Crippen LogP) is 1.66. The maximum atomic E-state index is 12.9. The molecule has 27 heavy (non-hydrogen) atoms. The second-order valence-corrected chi connectivity index (χ2v) is 7.96. The molecular weight excluding hydrogens is 387 g/mol. The fourth-order valence-electron chi connectivity index (χ4n) is 3.10. The molecule has 3 aliphatic heterocycles. The van der Waals surface area contributed by atoms with Crippen LogP contribution in [0.3, 0.4) is 0 Å². The summed E-state index contributed by atoms with van der Waals surface area (Å²) in [6, 6.07) is -1.21. The quantitative estimate of drug-likeness (QED) is 0.747. The molecule has 0 aromatic carbocycles. The SMILES string of the molecule is CCCN1C=C(C)C(NS(=O)(=O)C(F)(F)F)C2=C1N1CN(OC)C=C1C=N2. The number of sulfonamides is 1. The number of nitrogens with one attached hydrogen (secondary N) is 1. The summed E-state index contributed by atoms with van der Waals surface area (Å²) in [5.41, 5.74) is -4.07. The van der Waals surface area contributed by atoms with Gasteiger partial charge in [-0.2, -0.15) is 17.9 Å². The van der Waals surface area contributed by atoms with Crippen LogP contribution < -0.4 is 4.72 Å². The Hall–Kier alpha value is -2.05. The van der Waals surface area contributed by atoms with Gasteiger partial charge in [0.05, 0.1) is 31.3 Å². The number of hydrogen-bond donors (Lipinski definition) is 1. The number of allylic oxidation sites excluding steroid dienone is 1. The van der Waals surface area contributed by atoms with Crippen molar-refractivity contribution < 1.29 is 26.4 Å². The lowest BCUT2D eigenvalue weighted by molar-refractivity contribution is -0.0968. The van der Waals surface area contributed by atoms with Crippen molar-refractivity contribution >= 4 is 16.2 Å². The Morgan fingerprint density at radius 1 is 1.37 bits per heavy atom. The molecule has 0 bridgehead atoms. The van der Waals surface area contributed by atoms with E-state index in [2.05, 4.69) is 4.99 Å². The average Bonchev–Trinajstić information content (AvgIpc) is 3.00. The van der Waals surface area contributed by atoms with Gasteiger partial charge in [-0.15, -0.1) is 0 Å². The first-order chi connectivity index (χ1) is 12.6. The van der Waals surface area contributed by atoms with E-state index in [1.54, 1.807) is 29.1 Å². The van der Waals surface area contributed by atoms with E-state index < -0.39 is 21.6 Å². The van der Waals surface area contributed by atoms with E-state index in [0.29, 0.717) is 30.3 Å². The second kappa shape index (κ2) is 6.84. The Morgan fingerprint density at radius 3 is 2.67 bits per heavy atom. The molecule has 1 unspecified atom stereocenters. The molecule has 3 heterocycles. The lowest BCUT2D eigenvalue weighted by atomic mass is 10.0. The minimum absolute atomic E-state index is 0.214. The Morgan fingerprint density at radius 2 is 2.07 bits per heavy atom. The summed E-state index contributed by atoms with van der Waals surface area (Å²) in [6.07, 6.45) is 5.62. The highest BCUT2D eigenvalue weighted by atomic mass is 32.2. The number of rotatable bonds is 5. The highest BCUT2D eigenvalue weighted by molar-refractivity contribution is 7.90. The zero-order valence-electron chi connectivity index (χ0n) is 15.0. The van der Waals surface area contributed by atoms with Gasteiger partial charge in [-0.25, -0.2) is 13.5 Å². The fraction of sp³-hybridized carbons (Fsp3) is 0.533.